The summed E-state index contributed by atoms with van der Waals surface area (Å²) >= 11 is 5.48. The fourth-order valence-corrected chi connectivity index (χ4v) is 4.02. The quantitative estimate of drug-likeness (QED) is 0.506. The molecule has 90 valence electrons. The topological polar surface area (TPSA) is 98.1 Å². The Morgan fingerprint density at radius 1 is 1.47 bits per heavy atom. The minimum absolute atomic E-state index is 0.189. The van der Waals surface area contributed by atoms with Gasteiger partial charge in [0.1, 0.15) is 0 Å². The van der Waals surface area contributed by atoms with Crippen LogP contribution in [0.2, 0.25) is 0 Å². The summed E-state index contributed by atoms with van der Waals surface area (Å²) in [7, 11) is -4.84. The maximum atomic E-state index is 11.3. The van der Waals surface area contributed by atoms with Crippen molar-refractivity contribution in [1.29, 1.82) is 0 Å². The Kier molecular flexibility index (Phi) is 5.44. The van der Waals surface area contributed by atoms with Crippen molar-refractivity contribution in [2.45, 2.75) is 25.5 Å². The van der Waals surface area contributed by atoms with Crippen molar-refractivity contribution in [2.24, 2.45) is 5.92 Å². The van der Waals surface area contributed by atoms with E-state index >= 15 is 0 Å². The van der Waals surface area contributed by atoms with Crippen LogP contribution in [0.3, 0.4) is 0 Å². The lowest BCUT2D eigenvalue weighted by Crippen LogP contribution is -2.46. The standard InChI is InChI=1S/C6H12Br2NO5P/c1-4(2)3-6(5(10)11,9(7)8)15(12,13)14/h4H,3H2,1-2H3,(H,10,11)(H2,12,13,14). The molecule has 15 heavy (non-hydrogen) atoms. The lowest BCUT2D eigenvalue weighted by molar-refractivity contribution is -0.143. The lowest BCUT2D eigenvalue weighted by Gasteiger charge is -2.33. The Morgan fingerprint density at radius 2 is 1.87 bits per heavy atom. The number of hydrogen-bond acceptors (Lipinski definition) is 3. The average Bonchev–Trinajstić information content (AvgIpc) is 1.95. The van der Waals surface area contributed by atoms with Gasteiger partial charge in [-0.05, 0) is 12.3 Å². The van der Waals surface area contributed by atoms with Crippen molar-refractivity contribution >= 4 is 45.9 Å². The van der Waals surface area contributed by atoms with E-state index < -0.39 is 18.8 Å². The maximum absolute atomic E-state index is 11.3. The van der Waals surface area contributed by atoms with Gasteiger partial charge >= 0.3 is 13.6 Å². The van der Waals surface area contributed by atoms with E-state index in [1.54, 1.807) is 13.8 Å². The Morgan fingerprint density at radius 3 is 1.93 bits per heavy atom. The fourth-order valence-electron chi connectivity index (χ4n) is 1.14. The molecule has 0 fully saturated rings. The maximum Gasteiger partial charge on any atom is 0.358 e. The van der Waals surface area contributed by atoms with Crippen LogP contribution in [-0.2, 0) is 9.36 Å². The van der Waals surface area contributed by atoms with E-state index in [0.717, 1.165) is 0 Å². The van der Waals surface area contributed by atoms with Crippen LogP contribution in [-0.4, -0.2) is 29.1 Å². The number of halogens is 2. The van der Waals surface area contributed by atoms with Gasteiger partial charge in [0.15, 0.2) is 0 Å². The van der Waals surface area contributed by atoms with E-state index in [-0.39, 0.29) is 12.3 Å². The summed E-state index contributed by atoms with van der Waals surface area (Å²) in [6, 6.07) is 0. The summed E-state index contributed by atoms with van der Waals surface area (Å²) in [5, 5.41) is 6.69. The number of carbonyl (C=O) groups is 1. The van der Waals surface area contributed by atoms with Crippen molar-refractivity contribution in [1.82, 2.24) is 2.95 Å². The first kappa shape index (κ1) is 15.5. The Bertz CT molecular complexity index is 291. The van der Waals surface area contributed by atoms with Crippen LogP contribution in [0.25, 0.3) is 0 Å². The number of rotatable bonds is 5. The number of nitrogens with zero attached hydrogens (tertiary/aromatic N) is 1. The molecule has 0 aliphatic rings. The second-order valence-corrected chi connectivity index (χ2v) is 7.69. The molecule has 0 heterocycles. The van der Waals surface area contributed by atoms with Gasteiger partial charge in [-0.25, -0.2) is 4.79 Å². The molecule has 1 atom stereocenters. The van der Waals surface area contributed by atoms with Crippen LogP contribution in [0.4, 0.5) is 0 Å². The summed E-state index contributed by atoms with van der Waals surface area (Å²) in [6.45, 7) is 3.35. The van der Waals surface area contributed by atoms with Gasteiger partial charge in [0.2, 0.25) is 5.28 Å². The minimum Gasteiger partial charge on any atom is -0.479 e. The lowest BCUT2D eigenvalue weighted by atomic mass is 10.0. The zero-order chi connectivity index (χ0) is 12.4. The molecule has 0 aromatic heterocycles. The zero-order valence-corrected chi connectivity index (χ0v) is 12.2. The Labute approximate surface area is 104 Å². The first-order valence-electron chi connectivity index (χ1n) is 3.96. The monoisotopic (exact) mass is 367 g/mol. The molecule has 0 saturated carbocycles. The van der Waals surface area contributed by atoms with E-state index in [1.165, 1.54) is 0 Å². The first-order valence-corrected chi connectivity index (χ1v) is 6.99. The van der Waals surface area contributed by atoms with E-state index in [2.05, 4.69) is 32.3 Å². The second kappa shape index (κ2) is 5.25. The van der Waals surface area contributed by atoms with Gasteiger partial charge in [0.05, 0.1) is 0 Å². The second-order valence-electron chi connectivity index (χ2n) is 3.50. The first-order chi connectivity index (χ1) is 6.55. The van der Waals surface area contributed by atoms with Gasteiger partial charge in [-0.3, -0.25) is 4.57 Å². The van der Waals surface area contributed by atoms with Gasteiger partial charge in [-0.15, -0.1) is 2.95 Å². The Balaban J connectivity index is 5.50. The van der Waals surface area contributed by atoms with Gasteiger partial charge in [-0.2, -0.15) is 0 Å². The summed E-state index contributed by atoms with van der Waals surface area (Å²) in [5.74, 6) is -1.77. The summed E-state index contributed by atoms with van der Waals surface area (Å²) in [4.78, 5) is 29.3. The number of carboxylic acid groups (broad SMARTS) is 1. The van der Waals surface area contributed by atoms with E-state index in [1.807, 2.05) is 0 Å². The van der Waals surface area contributed by atoms with E-state index in [9.17, 15) is 9.36 Å². The highest BCUT2D eigenvalue weighted by molar-refractivity contribution is 9.21. The molecule has 0 bridgehead atoms. The average molecular weight is 369 g/mol. The molecule has 3 N–H and O–H groups in total. The number of aliphatic carboxylic acids is 1. The number of carboxylic acids is 1. The predicted octanol–water partition coefficient (Wildman–Crippen LogP) is 1.91. The molecule has 0 aliphatic heterocycles. The molecule has 1 unspecified atom stereocenters. The third-order valence-electron chi connectivity index (χ3n) is 1.80. The molecule has 0 saturated heterocycles. The molecule has 9 heteroatoms. The molecular formula is C6H12Br2NO5P. The zero-order valence-electron chi connectivity index (χ0n) is 8.09. The highest BCUT2D eigenvalue weighted by atomic mass is 79.9. The van der Waals surface area contributed by atoms with Crippen LogP contribution >= 0.6 is 39.9 Å². The van der Waals surface area contributed by atoms with Crippen LogP contribution in [0.1, 0.15) is 20.3 Å². The summed E-state index contributed by atoms with van der Waals surface area (Å²) < 4.78 is 12.0. The molecule has 0 rings (SSSR count). The Hall–Kier alpha value is 0.540. The van der Waals surface area contributed by atoms with Crippen molar-refractivity contribution in [2.75, 3.05) is 0 Å². The summed E-state index contributed by atoms with van der Waals surface area (Å²) in [5.41, 5.74) is 0. The van der Waals surface area contributed by atoms with Gasteiger partial charge in [0.25, 0.3) is 0 Å². The van der Waals surface area contributed by atoms with Crippen molar-refractivity contribution in [3.8, 4) is 0 Å². The fraction of sp³-hybridized carbons (Fsp3) is 0.833. The SMILES string of the molecule is CC(C)CC(C(=O)O)(N(Br)Br)P(=O)(O)O. The van der Waals surface area contributed by atoms with Gasteiger partial charge < -0.3 is 14.9 Å². The van der Waals surface area contributed by atoms with Gasteiger partial charge in [0, 0.05) is 32.3 Å². The molecular weight excluding hydrogens is 357 g/mol. The van der Waals surface area contributed by atoms with Crippen LogP contribution < -0.4 is 0 Å². The van der Waals surface area contributed by atoms with Gasteiger partial charge in [-0.1, -0.05) is 13.8 Å². The van der Waals surface area contributed by atoms with Crippen molar-refractivity contribution in [3.05, 3.63) is 0 Å². The molecule has 0 radical (unpaired) electrons. The minimum atomic E-state index is -4.84. The largest absolute Gasteiger partial charge is 0.479 e. The highest BCUT2D eigenvalue weighted by Crippen LogP contribution is 2.57. The van der Waals surface area contributed by atoms with E-state index in [4.69, 9.17) is 14.9 Å². The molecule has 0 spiro atoms. The third-order valence-corrected chi connectivity index (χ3v) is 5.09. The van der Waals surface area contributed by atoms with Crippen LogP contribution in [0.5, 0.6) is 0 Å². The summed E-state index contributed by atoms with van der Waals surface area (Å²) in [6.07, 6.45) is -0.191. The molecule has 0 amide bonds. The molecule has 0 aromatic rings. The van der Waals surface area contributed by atoms with Crippen molar-refractivity contribution < 1.29 is 24.3 Å². The molecule has 0 aliphatic carbocycles. The van der Waals surface area contributed by atoms with Crippen LogP contribution in [0.15, 0.2) is 0 Å². The normalized spacial score (nSPS) is 16.8. The molecule has 0 aromatic carbocycles. The van der Waals surface area contributed by atoms with E-state index in [0.29, 0.717) is 2.95 Å². The van der Waals surface area contributed by atoms with Crippen LogP contribution in [0, 0.1) is 5.92 Å². The smallest absolute Gasteiger partial charge is 0.358 e. The molecule has 6 nitrogen and oxygen atoms in total. The predicted molar refractivity (Wildman–Crippen MR) is 61.6 cm³/mol. The number of hydrogen-bond donors (Lipinski definition) is 3. The highest BCUT2D eigenvalue weighted by Gasteiger charge is 2.58. The third kappa shape index (κ3) is 3.25. The van der Waals surface area contributed by atoms with Crippen molar-refractivity contribution in [3.63, 3.8) is 0 Å².